The summed E-state index contributed by atoms with van der Waals surface area (Å²) in [7, 11) is 1.59. The van der Waals surface area contributed by atoms with Crippen molar-refractivity contribution in [3.63, 3.8) is 0 Å². The Bertz CT molecular complexity index is 1080. The Kier molecular flexibility index (Phi) is 5.97. The van der Waals surface area contributed by atoms with Crippen LogP contribution in [0.1, 0.15) is 34.6 Å². The molecule has 3 aromatic rings. The van der Waals surface area contributed by atoms with Gasteiger partial charge in [0.2, 0.25) is 5.91 Å². The highest BCUT2D eigenvalue weighted by molar-refractivity contribution is 5.97. The number of ether oxygens (including phenoxy) is 1. The zero-order chi connectivity index (χ0) is 21.8. The van der Waals surface area contributed by atoms with Crippen LogP contribution in [0.3, 0.4) is 0 Å². The average molecular weight is 419 g/mol. The maximum atomic E-state index is 13.0. The Labute approximate surface area is 180 Å². The standard InChI is InChI=1S/C23H25N5O3/c1-15-21(26-27-28(15)18-9-6-10-19(14-18)31-2)23(30)25-20(22(29)24-17-11-12-17)13-16-7-4-3-5-8-16/h3-10,14,17,20H,11-13H2,1-2H3,(H,24,29)(H,25,30). The number of methoxy groups -OCH3 is 1. The number of hydrogen-bond donors (Lipinski definition) is 2. The number of benzene rings is 2. The maximum Gasteiger partial charge on any atom is 0.274 e. The van der Waals surface area contributed by atoms with Gasteiger partial charge in [-0.1, -0.05) is 41.6 Å². The van der Waals surface area contributed by atoms with Crippen LogP contribution >= 0.6 is 0 Å². The first-order valence-corrected chi connectivity index (χ1v) is 10.3. The first kappa shape index (κ1) is 20.6. The van der Waals surface area contributed by atoms with Crippen LogP contribution in [-0.4, -0.2) is 46.0 Å². The van der Waals surface area contributed by atoms with Crippen LogP contribution in [0.2, 0.25) is 0 Å². The van der Waals surface area contributed by atoms with E-state index in [1.165, 1.54) is 0 Å². The fourth-order valence-electron chi connectivity index (χ4n) is 3.34. The van der Waals surface area contributed by atoms with E-state index in [0.717, 1.165) is 24.1 Å². The molecule has 0 saturated heterocycles. The number of nitrogens with zero attached hydrogens (tertiary/aromatic N) is 3. The van der Waals surface area contributed by atoms with Crippen molar-refractivity contribution in [2.45, 2.75) is 38.3 Å². The molecule has 1 fully saturated rings. The van der Waals surface area contributed by atoms with E-state index < -0.39 is 11.9 Å². The molecular formula is C23H25N5O3. The van der Waals surface area contributed by atoms with E-state index in [2.05, 4.69) is 20.9 Å². The van der Waals surface area contributed by atoms with Gasteiger partial charge in [-0.25, -0.2) is 4.68 Å². The third-order valence-corrected chi connectivity index (χ3v) is 5.24. The molecule has 1 saturated carbocycles. The Balaban J connectivity index is 1.53. The maximum absolute atomic E-state index is 13.0. The van der Waals surface area contributed by atoms with E-state index in [9.17, 15) is 9.59 Å². The van der Waals surface area contributed by atoms with E-state index >= 15 is 0 Å². The molecule has 1 aromatic heterocycles. The molecule has 0 spiro atoms. The quantitative estimate of drug-likeness (QED) is 0.583. The second kappa shape index (κ2) is 8.99. The number of nitrogens with one attached hydrogen (secondary N) is 2. The molecule has 2 amide bonds. The van der Waals surface area contributed by atoms with Crippen molar-refractivity contribution >= 4 is 11.8 Å². The fraction of sp³-hybridized carbons (Fsp3) is 0.304. The predicted octanol–water partition coefficient (Wildman–Crippen LogP) is 2.20. The van der Waals surface area contributed by atoms with Crippen LogP contribution in [-0.2, 0) is 11.2 Å². The molecule has 8 nitrogen and oxygen atoms in total. The second-order valence-electron chi connectivity index (χ2n) is 7.64. The topological polar surface area (TPSA) is 98.1 Å². The molecule has 1 aliphatic rings. The van der Waals surface area contributed by atoms with E-state index in [4.69, 9.17) is 4.74 Å². The largest absolute Gasteiger partial charge is 0.497 e. The smallest absolute Gasteiger partial charge is 0.274 e. The van der Waals surface area contributed by atoms with Gasteiger partial charge in [-0.15, -0.1) is 5.10 Å². The van der Waals surface area contributed by atoms with Crippen LogP contribution in [0.25, 0.3) is 5.69 Å². The molecule has 2 N–H and O–H groups in total. The molecule has 1 aliphatic carbocycles. The van der Waals surface area contributed by atoms with Crippen LogP contribution in [0.4, 0.5) is 0 Å². The second-order valence-corrected chi connectivity index (χ2v) is 7.64. The Morgan fingerprint density at radius 3 is 2.65 bits per heavy atom. The zero-order valence-corrected chi connectivity index (χ0v) is 17.5. The minimum atomic E-state index is -0.697. The van der Waals surface area contributed by atoms with Crippen LogP contribution < -0.4 is 15.4 Å². The molecule has 1 atom stereocenters. The Morgan fingerprint density at radius 2 is 1.94 bits per heavy atom. The van der Waals surface area contributed by atoms with Gasteiger partial charge >= 0.3 is 0 Å². The van der Waals surface area contributed by atoms with Crippen molar-refractivity contribution in [2.24, 2.45) is 0 Å². The molecular weight excluding hydrogens is 394 g/mol. The molecule has 2 aromatic carbocycles. The van der Waals surface area contributed by atoms with Crippen molar-refractivity contribution in [3.8, 4) is 11.4 Å². The average Bonchev–Trinajstić information content (AvgIpc) is 3.52. The Morgan fingerprint density at radius 1 is 1.16 bits per heavy atom. The molecule has 1 heterocycles. The summed E-state index contributed by atoms with van der Waals surface area (Å²) in [6.07, 6.45) is 2.35. The summed E-state index contributed by atoms with van der Waals surface area (Å²) in [5, 5.41) is 14.0. The SMILES string of the molecule is COc1cccc(-n2nnc(C(=O)NC(Cc3ccccc3)C(=O)NC3CC3)c2C)c1. The van der Waals surface area contributed by atoms with E-state index in [1.807, 2.05) is 54.6 Å². The number of aromatic nitrogens is 3. The van der Waals surface area contributed by atoms with Gasteiger partial charge in [0.05, 0.1) is 18.5 Å². The fourth-order valence-corrected chi connectivity index (χ4v) is 3.34. The lowest BCUT2D eigenvalue weighted by Crippen LogP contribution is -2.48. The first-order chi connectivity index (χ1) is 15.0. The van der Waals surface area contributed by atoms with E-state index in [0.29, 0.717) is 17.9 Å². The summed E-state index contributed by atoms with van der Waals surface area (Å²) in [4.78, 5) is 25.8. The van der Waals surface area contributed by atoms with Crippen molar-refractivity contribution in [1.82, 2.24) is 25.6 Å². The third kappa shape index (κ3) is 4.91. The molecule has 8 heteroatoms. The van der Waals surface area contributed by atoms with Crippen LogP contribution in [0.5, 0.6) is 5.75 Å². The van der Waals surface area contributed by atoms with Gasteiger partial charge in [0.25, 0.3) is 5.91 Å². The van der Waals surface area contributed by atoms with Gasteiger partial charge in [-0.05, 0) is 37.5 Å². The highest BCUT2D eigenvalue weighted by atomic mass is 16.5. The minimum Gasteiger partial charge on any atom is -0.497 e. The van der Waals surface area contributed by atoms with Crippen molar-refractivity contribution in [3.05, 3.63) is 71.5 Å². The number of carbonyl (C=O) groups is 2. The lowest BCUT2D eigenvalue weighted by molar-refractivity contribution is -0.123. The number of rotatable bonds is 8. The monoisotopic (exact) mass is 419 g/mol. The third-order valence-electron chi connectivity index (χ3n) is 5.24. The highest BCUT2D eigenvalue weighted by Gasteiger charge is 2.30. The first-order valence-electron chi connectivity index (χ1n) is 10.3. The summed E-state index contributed by atoms with van der Waals surface area (Å²) in [6, 6.07) is 16.5. The van der Waals surface area contributed by atoms with Gasteiger partial charge in [0.1, 0.15) is 11.8 Å². The van der Waals surface area contributed by atoms with E-state index in [1.54, 1.807) is 18.7 Å². The zero-order valence-electron chi connectivity index (χ0n) is 17.5. The number of hydrogen-bond acceptors (Lipinski definition) is 5. The normalized spacial score (nSPS) is 14.0. The molecule has 0 radical (unpaired) electrons. The van der Waals surface area contributed by atoms with E-state index in [-0.39, 0.29) is 17.6 Å². The van der Waals surface area contributed by atoms with Crippen LogP contribution in [0.15, 0.2) is 54.6 Å². The molecule has 0 bridgehead atoms. The molecule has 31 heavy (non-hydrogen) atoms. The van der Waals surface area contributed by atoms with Crippen molar-refractivity contribution in [2.75, 3.05) is 7.11 Å². The predicted molar refractivity (Wildman–Crippen MR) is 115 cm³/mol. The highest BCUT2D eigenvalue weighted by Crippen LogP contribution is 2.20. The van der Waals surface area contributed by atoms with Gasteiger partial charge < -0.3 is 15.4 Å². The lowest BCUT2D eigenvalue weighted by Gasteiger charge is -2.18. The van der Waals surface area contributed by atoms with Gasteiger partial charge in [-0.3, -0.25) is 9.59 Å². The minimum absolute atomic E-state index is 0.181. The molecule has 0 aliphatic heterocycles. The molecule has 160 valence electrons. The molecule has 1 unspecified atom stereocenters. The summed E-state index contributed by atoms with van der Waals surface area (Å²) < 4.78 is 6.83. The Hall–Kier alpha value is -3.68. The van der Waals surface area contributed by atoms with Crippen molar-refractivity contribution < 1.29 is 14.3 Å². The summed E-state index contributed by atoms with van der Waals surface area (Å²) in [6.45, 7) is 1.77. The van der Waals surface area contributed by atoms with Crippen LogP contribution in [0, 0.1) is 6.92 Å². The molecule has 4 rings (SSSR count). The van der Waals surface area contributed by atoms with Gasteiger partial charge in [-0.2, -0.15) is 0 Å². The van der Waals surface area contributed by atoms with Crippen molar-refractivity contribution in [1.29, 1.82) is 0 Å². The summed E-state index contributed by atoms with van der Waals surface area (Å²) in [5.74, 6) is 0.0640. The summed E-state index contributed by atoms with van der Waals surface area (Å²) >= 11 is 0. The lowest BCUT2D eigenvalue weighted by atomic mass is 10.0. The summed E-state index contributed by atoms with van der Waals surface area (Å²) in [5.41, 5.74) is 2.46. The van der Waals surface area contributed by atoms with Gasteiger partial charge in [0.15, 0.2) is 5.69 Å². The number of amides is 2. The number of carbonyl (C=O) groups excluding carboxylic acids is 2. The van der Waals surface area contributed by atoms with Gasteiger partial charge in [0, 0.05) is 18.5 Å².